The van der Waals surface area contributed by atoms with Gasteiger partial charge in [0.15, 0.2) is 0 Å². The molecule has 0 radical (unpaired) electrons. The van der Waals surface area contributed by atoms with Gasteiger partial charge in [0.1, 0.15) is 0 Å². The van der Waals surface area contributed by atoms with Gasteiger partial charge in [-0.05, 0) is 0 Å². The first-order valence-electron chi connectivity index (χ1n) is 2.42. The number of aliphatic hydroxyl groups is 1. The SMILES string of the molecule is CC(CO)C[CH2][Cu]. The van der Waals surface area contributed by atoms with Gasteiger partial charge >= 0.3 is 52.3 Å². The molecule has 0 heterocycles. The third kappa shape index (κ3) is 4.33. The first-order valence-corrected chi connectivity index (χ1v) is 3.09. The van der Waals surface area contributed by atoms with Crippen LogP contribution in [0.15, 0.2) is 0 Å². The van der Waals surface area contributed by atoms with Crippen LogP contribution in [-0.2, 0) is 16.0 Å². The zero-order valence-electron chi connectivity index (χ0n) is 4.45. The summed E-state index contributed by atoms with van der Waals surface area (Å²) in [6, 6.07) is 0. The van der Waals surface area contributed by atoms with Crippen molar-refractivity contribution in [2.75, 3.05) is 6.61 Å². The summed E-state index contributed by atoms with van der Waals surface area (Å²) in [5.74, 6) is 0.395. The van der Waals surface area contributed by atoms with Crippen molar-refractivity contribution in [2.24, 2.45) is 5.92 Å². The average Bonchev–Trinajstić information content (AvgIpc) is 1.68. The van der Waals surface area contributed by atoms with Gasteiger partial charge in [0.25, 0.3) is 0 Å². The summed E-state index contributed by atoms with van der Waals surface area (Å²) in [6.45, 7) is 2.26. The Morgan fingerprint density at radius 3 is 2.43 bits per heavy atom. The Kier molecular flexibility index (Phi) is 4.95. The number of hydrogen-bond donors (Lipinski definition) is 1. The van der Waals surface area contributed by atoms with Gasteiger partial charge < -0.3 is 0 Å². The van der Waals surface area contributed by atoms with E-state index in [2.05, 4.69) is 0 Å². The molecule has 0 aliphatic carbocycles. The summed E-state index contributed by atoms with van der Waals surface area (Å²) in [7, 11) is 0. The second-order valence-electron chi connectivity index (χ2n) is 1.73. The molecular formula is C5H11CuO. The molecule has 0 saturated heterocycles. The fourth-order valence-electron chi connectivity index (χ4n) is 0.240. The zero-order chi connectivity index (χ0) is 5.70. The van der Waals surface area contributed by atoms with Crippen molar-refractivity contribution >= 4 is 0 Å². The number of rotatable bonds is 3. The summed E-state index contributed by atoms with van der Waals surface area (Å²) in [5.41, 5.74) is 0. The van der Waals surface area contributed by atoms with E-state index in [0.29, 0.717) is 5.92 Å². The van der Waals surface area contributed by atoms with Crippen LogP contribution in [0, 0.1) is 5.92 Å². The molecule has 0 spiro atoms. The molecule has 0 aromatic rings. The summed E-state index contributed by atoms with van der Waals surface area (Å²) >= 11 is 4.81. The molecule has 0 aromatic carbocycles. The van der Waals surface area contributed by atoms with Crippen LogP contribution in [0.3, 0.4) is 0 Å². The van der Waals surface area contributed by atoms with Crippen molar-refractivity contribution in [3.63, 3.8) is 0 Å². The Hall–Kier alpha value is 0.479. The van der Waals surface area contributed by atoms with Gasteiger partial charge in [-0.3, -0.25) is 0 Å². The molecule has 1 atom stereocenters. The Labute approximate surface area is 52.9 Å². The van der Waals surface area contributed by atoms with Crippen LogP contribution in [0.25, 0.3) is 0 Å². The van der Waals surface area contributed by atoms with Crippen LogP contribution in [0.4, 0.5) is 0 Å². The second kappa shape index (κ2) is 4.63. The van der Waals surface area contributed by atoms with Crippen LogP contribution in [0.1, 0.15) is 13.3 Å². The van der Waals surface area contributed by atoms with Crippen molar-refractivity contribution in [1.29, 1.82) is 0 Å². The van der Waals surface area contributed by atoms with Crippen LogP contribution >= 0.6 is 0 Å². The monoisotopic (exact) mass is 150 g/mol. The molecule has 0 amide bonds. The fraction of sp³-hybridized carbons (Fsp3) is 1.00. The van der Waals surface area contributed by atoms with Crippen LogP contribution < -0.4 is 0 Å². The van der Waals surface area contributed by atoms with E-state index in [-0.39, 0.29) is 6.61 Å². The molecule has 48 valence electrons. The topological polar surface area (TPSA) is 20.2 Å². The Morgan fingerprint density at radius 2 is 2.29 bits per heavy atom. The molecule has 1 N–H and O–H groups in total. The van der Waals surface area contributed by atoms with Gasteiger partial charge in [-0.25, -0.2) is 0 Å². The minimum absolute atomic E-state index is 0.271. The minimum atomic E-state index is 0.271. The molecule has 7 heavy (non-hydrogen) atoms. The molecule has 1 unspecified atom stereocenters. The van der Waals surface area contributed by atoms with Gasteiger partial charge in [0.2, 0.25) is 0 Å². The van der Waals surface area contributed by atoms with E-state index in [1.54, 1.807) is 0 Å². The van der Waals surface area contributed by atoms with Gasteiger partial charge in [0.05, 0.1) is 0 Å². The van der Waals surface area contributed by atoms with Gasteiger partial charge in [-0.15, -0.1) is 0 Å². The summed E-state index contributed by atoms with van der Waals surface area (Å²) in [5, 5.41) is 9.16. The van der Waals surface area contributed by atoms with Crippen LogP contribution in [-0.4, -0.2) is 11.7 Å². The van der Waals surface area contributed by atoms with Crippen molar-refractivity contribution in [3.8, 4) is 0 Å². The van der Waals surface area contributed by atoms with E-state index in [9.17, 15) is 0 Å². The first kappa shape index (κ1) is 7.48. The van der Waals surface area contributed by atoms with E-state index < -0.39 is 0 Å². The molecule has 0 bridgehead atoms. The van der Waals surface area contributed by atoms with E-state index in [1.165, 1.54) is 0 Å². The molecule has 2 heteroatoms. The van der Waals surface area contributed by atoms with Crippen molar-refractivity contribution in [2.45, 2.75) is 18.7 Å². The van der Waals surface area contributed by atoms with Gasteiger partial charge in [0, 0.05) is 0 Å². The summed E-state index contributed by atoms with van der Waals surface area (Å²) < 4.78 is 0. The number of aliphatic hydroxyl groups excluding tert-OH is 1. The normalized spacial score (nSPS) is 14.3. The van der Waals surface area contributed by atoms with Crippen LogP contribution in [0.5, 0.6) is 0 Å². The maximum absolute atomic E-state index is 8.42. The van der Waals surface area contributed by atoms with E-state index in [0.717, 1.165) is 11.7 Å². The summed E-state index contributed by atoms with van der Waals surface area (Å²) in [4.78, 5) is 0. The Morgan fingerprint density at radius 1 is 1.71 bits per heavy atom. The van der Waals surface area contributed by atoms with Crippen molar-refractivity contribution in [3.05, 3.63) is 0 Å². The molecule has 0 aliphatic heterocycles. The van der Waals surface area contributed by atoms with Crippen molar-refractivity contribution < 1.29 is 21.1 Å². The van der Waals surface area contributed by atoms with Crippen molar-refractivity contribution in [1.82, 2.24) is 0 Å². The predicted octanol–water partition coefficient (Wildman–Crippen LogP) is 0.970. The maximum atomic E-state index is 8.42. The third-order valence-electron chi connectivity index (χ3n) is 0.892. The molecule has 0 saturated carbocycles. The Balaban J connectivity index is 2.83. The van der Waals surface area contributed by atoms with E-state index >= 15 is 0 Å². The number of hydrogen-bond acceptors (Lipinski definition) is 1. The first-order chi connectivity index (χ1) is 3.31. The molecule has 0 aromatic heterocycles. The molecular weight excluding hydrogens is 140 g/mol. The summed E-state index contributed by atoms with van der Waals surface area (Å²) in [6.07, 6.45) is 0.955. The zero-order valence-corrected chi connectivity index (χ0v) is 5.39. The molecule has 0 aliphatic rings. The second-order valence-corrected chi connectivity index (χ2v) is 2.20. The van der Waals surface area contributed by atoms with Gasteiger partial charge in [-0.1, -0.05) is 0 Å². The Bertz CT molecular complexity index is 39.1. The van der Waals surface area contributed by atoms with E-state index in [1.807, 2.05) is 6.92 Å². The molecule has 0 fully saturated rings. The predicted molar refractivity (Wildman–Crippen MR) is 25.7 cm³/mol. The third-order valence-corrected chi connectivity index (χ3v) is 1.16. The average molecular weight is 151 g/mol. The fourth-order valence-corrected chi connectivity index (χ4v) is 0.704. The molecule has 0 rings (SSSR count). The van der Waals surface area contributed by atoms with Gasteiger partial charge in [-0.2, -0.15) is 0 Å². The standard InChI is InChI=1S/C5H11O.Cu/c1-3-5(2)4-6;/h5-6H,1,3-4H2,2H3;. The van der Waals surface area contributed by atoms with E-state index in [4.69, 9.17) is 21.1 Å². The van der Waals surface area contributed by atoms with Crippen LogP contribution in [0.2, 0.25) is 5.32 Å². The molecule has 1 nitrogen and oxygen atoms in total. The quantitative estimate of drug-likeness (QED) is 0.595.